The third-order valence-corrected chi connectivity index (χ3v) is 3.49. The highest BCUT2D eigenvalue weighted by Crippen LogP contribution is 2.23. The number of aromatic nitrogens is 2. The van der Waals surface area contributed by atoms with Crippen LogP contribution in [0.5, 0.6) is 0 Å². The van der Waals surface area contributed by atoms with Crippen molar-refractivity contribution in [1.29, 1.82) is 0 Å². The summed E-state index contributed by atoms with van der Waals surface area (Å²) >= 11 is 0. The summed E-state index contributed by atoms with van der Waals surface area (Å²) in [5.74, 6) is 1.51. The molecule has 0 bridgehead atoms. The first-order valence-corrected chi connectivity index (χ1v) is 6.78. The summed E-state index contributed by atoms with van der Waals surface area (Å²) in [6.07, 6.45) is 4.68. The third-order valence-electron chi connectivity index (χ3n) is 3.49. The van der Waals surface area contributed by atoms with E-state index in [2.05, 4.69) is 15.3 Å². The van der Waals surface area contributed by atoms with Crippen LogP contribution in [0.25, 0.3) is 0 Å². The van der Waals surface area contributed by atoms with Crippen molar-refractivity contribution in [3.8, 4) is 0 Å². The predicted molar refractivity (Wildman–Crippen MR) is 74.2 cm³/mol. The molecule has 1 fully saturated rings. The summed E-state index contributed by atoms with van der Waals surface area (Å²) in [5, 5.41) is 7.10. The second-order valence-corrected chi connectivity index (χ2v) is 5.12. The van der Waals surface area contributed by atoms with Crippen LogP contribution in [-0.2, 0) is 11.3 Å². The molecule has 0 aliphatic carbocycles. The fourth-order valence-corrected chi connectivity index (χ4v) is 2.58. The molecule has 20 heavy (non-hydrogen) atoms. The van der Waals surface area contributed by atoms with Crippen LogP contribution in [-0.4, -0.2) is 33.7 Å². The van der Waals surface area contributed by atoms with Crippen LogP contribution >= 0.6 is 0 Å². The van der Waals surface area contributed by atoms with E-state index >= 15 is 0 Å². The van der Waals surface area contributed by atoms with E-state index in [9.17, 15) is 4.79 Å². The summed E-state index contributed by atoms with van der Waals surface area (Å²) in [5.41, 5.74) is 0. The van der Waals surface area contributed by atoms with Crippen molar-refractivity contribution in [1.82, 2.24) is 14.7 Å². The van der Waals surface area contributed by atoms with Crippen LogP contribution in [0.15, 0.2) is 35.1 Å². The Hall–Kier alpha value is -2.08. The smallest absolute Gasteiger partial charge is 0.222 e. The van der Waals surface area contributed by atoms with Crippen LogP contribution in [0, 0.1) is 0 Å². The molecule has 106 valence electrons. The van der Waals surface area contributed by atoms with E-state index in [1.807, 2.05) is 29.1 Å². The van der Waals surface area contributed by atoms with Crippen molar-refractivity contribution >= 4 is 11.7 Å². The first-order valence-electron chi connectivity index (χ1n) is 6.78. The van der Waals surface area contributed by atoms with Crippen molar-refractivity contribution in [3.63, 3.8) is 0 Å². The van der Waals surface area contributed by atoms with E-state index < -0.39 is 0 Å². The molecule has 1 aliphatic heterocycles. The lowest BCUT2D eigenvalue weighted by molar-refractivity contribution is -0.114. The zero-order valence-corrected chi connectivity index (χ0v) is 11.5. The van der Waals surface area contributed by atoms with E-state index in [0.717, 1.165) is 31.8 Å². The standard InChI is InChI=1S/C14H18N4O2/c1-11(19)15-14-5-7-18(16-14)12-4-6-17(9-12)10-13-3-2-8-20-13/h2-3,5,7-8,12H,4,6,9-10H2,1H3,(H,15,16,19)/t12-/m1/s1. The SMILES string of the molecule is CC(=O)Nc1ccn([C@@H]2CCN(Cc3ccco3)C2)n1. The Morgan fingerprint density at radius 2 is 2.45 bits per heavy atom. The molecule has 3 rings (SSSR count). The Kier molecular flexibility index (Phi) is 3.56. The van der Waals surface area contributed by atoms with E-state index in [-0.39, 0.29) is 5.91 Å². The number of rotatable bonds is 4. The van der Waals surface area contributed by atoms with Gasteiger partial charge in [-0.25, -0.2) is 0 Å². The summed E-state index contributed by atoms with van der Waals surface area (Å²) in [4.78, 5) is 13.3. The zero-order chi connectivity index (χ0) is 13.9. The summed E-state index contributed by atoms with van der Waals surface area (Å²) in [6, 6.07) is 6.09. The highest BCUT2D eigenvalue weighted by molar-refractivity contribution is 5.87. The zero-order valence-electron chi connectivity index (χ0n) is 11.5. The number of anilines is 1. The first kappa shape index (κ1) is 12.9. The molecule has 1 amide bonds. The largest absolute Gasteiger partial charge is 0.468 e. The Labute approximate surface area is 117 Å². The number of hydrogen-bond acceptors (Lipinski definition) is 4. The number of amides is 1. The van der Waals surface area contributed by atoms with E-state index in [4.69, 9.17) is 4.42 Å². The predicted octanol–water partition coefficient (Wildman–Crippen LogP) is 1.88. The molecule has 0 saturated carbocycles. The van der Waals surface area contributed by atoms with Crippen LogP contribution in [0.2, 0.25) is 0 Å². The summed E-state index contributed by atoms with van der Waals surface area (Å²) in [7, 11) is 0. The van der Waals surface area contributed by atoms with Gasteiger partial charge in [0.25, 0.3) is 0 Å². The van der Waals surface area contributed by atoms with Crippen molar-refractivity contribution in [2.75, 3.05) is 18.4 Å². The molecule has 0 radical (unpaired) electrons. The number of hydrogen-bond donors (Lipinski definition) is 1. The van der Waals surface area contributed by atoms with Crippen LogP contribution < -0.4 is 5.32 Å². The van der Waals surface area contributed by atoms with Gasteiger partial charge < -0.3 is 9.73 Å². The van der Waals surface area contributed by atoms with Crippen molar-refractivity contribution in [3.05, 3.63) is 36.4 Å². The van der Waals surface area contributed by atoms with Gasteiger partial charge in [0.2, 0.25) is 5.91 Å². The van der Waals surface area contributed by atoms with Gasteiger partial charge in [0.1, 0.15) is 5.76 Å². The number of likely N-dealkylation sites (tertiary alicyclic amines) is 1. The molecule has 6 nitrogen and oxygen atoms in total. The van der Waals surface area contributed by atoms with E-state index in [1.165, 1.54) is 6.92 Å². The Morgan fingerprint density at radius 1 is 1.55 bits per heavy atom. The lowest BCUT2D eigenvalue weighted by Crippen LogP contribution is -2.21. The quantitative estimate of drug-likeness (QED) is 0.924. The maximum atomic E-state index is 11.0. The minimum absolute atomic E-state index is 0.0962. The molecule has 1 N–H and O–H groups in total. The van der Waals surface area contributed by atoms with Crippen LogP contribution in [0.1, 0.15) is 25.1 Å². The fourth-order valence-electron chi connectivity index (χ4n) is 2.58. The molecule has 3 heterocycles. The van der Waals surface area contributed by atoms with E-state index in [0.29, 0.717) is 11.9 Å². The molecule has 1 saturated heterocycles. The molecular formula is C14H18N4O2. The molecule has 0 unspecified atom stereocenters. The molecule has 1 aliphatic rings. The third kappa shape index (κ3) is 2.91. The fraction of sp³-hybridized carbons (Fsp3) is 0.429. The van der Waals surface area contributed by atoms with Crippen molar-refractivity contribution in [2.45, 2.75) is 25.9 Å². The molecule has 2 aromatic rings. The first-order chi connectivity index (χ1) is 9.70. The van der Waals surface area contributed by atoms with E-state index in [1.54, 1.807) is 6.26 Å². The van der Waals surface area contributed by atoms with Gasteiger partial charge in [-0.3, -0.25) is 14.4 Å². The Morgan fingerprint density at radius 3 is 3.20 bits per heavy atom. The van der Waals surface area contributed by atoms with Gasteiger partial charge in [0.05, 0.1) is 18.8 Å². The normalized spacial score (nSPS) is 19.4. The molecular weight excluding hydrogens is 256 g/mol. The Bertz CT molecular complexity index is 576. The second-order valence-electron chi connectivity index (χ2n) is 5.12. The maximum Gasteiger partial charge on any atom is 0.222 e. The monoisotopic (exact) mass is 274 g/mol. The summed E-state index contributed by atoms with van der Waals surface area (Å²) < 4.78 is 7.31. The van der Waals surface area contributed by atoms with Crippen LogP contribution in [0.4, 0.5) is 5.82 Å². The number of carbonyl (C=O) groups is 1. The minimum Gasteiger partial charge on any atom is -0.468 e. The molecule has 1 atom stereocenters. The number of carbonyl (C=O) groups excluding carboxylic acids is 1. The lowest BCUT2D eigenvalue weighted by Gasteiger charge is -2.14. The van der Waals surface area contributed by atoms with Gasteiger partial charge in [-0.15, -0.1) is 0 Å². The van der Waals surface area contributed by atoms with Gasteiger partial charge in [-0.2, -0.15) is 5.10 Å². The molecule has 6 heteroatoms. The van der Waals surface area contributed by atoms with Gasteiger partial charge >= 0.3 is 0 Å². The lowest BCUT2D eigenvalue weighted by atomic mass is 10.3. The molecule has 0 spiro atoms. The second kappa shape index (κ2) is 5.50. The molecule has 2 aromatic heterocycles. The average molecular weight is 274 g/mol. The number of nitrogens with one attached hydrogen (secondary N) is 1. The van der Waals surface area contributed by atoms with Crippen molar-refractivity contribution < 1.29 is 9.21 Å². The number of nitrogens with zero attached hydrogens (tertiary/aromatic N) is 3. The highest BCUT2D eigenvalue weighted by Gasteiger charge is 2.25. The minimum atomic E-state index is -0.0962. The maximum absolute atomic E-state index is 11.0. The van der Waals surface area contributed by atoms with Crippen molar-refractivity contribution in [2.24, 2.45) is 0 Å². The van der Waals surface area contributed by atoms with Gasteiger partial charge in [0, 0.05) is 32.3 Å². The topological polar surface area (TPSA) is 63.3 Å². The average Bonchev–Trinajstić information content (AvgIpc) is 3.09. The molecule has 0 aromatic carbocycles. The van der Waals surface area contributed by atoms with Gasteiger partial charge in [-0.1, -0.05) is 0 Å². The highest BCUT2D eigenvalue weighted by atomic mass is 16.3. The summed E-state index contributed by atoms with van der Waals surface area (Å²) in [6.45, 7) is 4.30. The van der Waals surface area contributed by atoms with Crippen LogP contribution in [0.3, 0.4) is 0 Å². The van der Waals surface area contributed by atoms with Gasteiger partial charge in [0.15, 0.2) is 5.82 Å². The number of furan rings is 1. The van der Waals surface area contributed by atoms with Gasteiger partial charge in [-0.05, 0) is 18.6 Å². The Balaban J connectivity index is 1.59.